The van der Waals surface area contributed by atoms with Crippen molar-refractivity contribution in [3.8, 4) is 11.5 Å². The number of hydrogen-bond donors (Lipinski definition) is 1. The van der Waals surface area contributed by atoms with Gasteiger partial charge in [-0.25, -0.2) is 4.79 Å². The van der Waals surface area contributed by atoms with Crippen molar-refractivity contribution < 1.29 is 19.1 Å². The minimum atomic E-state index is -0.290. The third-order valence-corrected chi connectivity index (χ3v) is 7.60. The first kappa shape index (κ1) is 29.5. The summed E-state index contributed by atoms with van der Waals surface area (Å²) < 4.78 is 11.7. The zero-order valence-electron chi connectivity index (χ0n) is 22.6. The second-order valence-electron chi connectivity index (χ2n) is 9.49. The molecule has 0 fully saturated rings. The topological polar surface area (TPSA) is 71.1 Å². The molecule has 1 aromatic heterocycles. The average molecular weight is 603 g/mol. The van der Waals surface area contributed by atoms with Crippen molar-refractivity contribution in [2.45, 2.75) is 33.7 Å². The summed E-state index contributed by atoms with van der Waals surface area (Å²) in [6, 6.07) is 15.0. The molecule has 204 valence electrons. The fraction of sp³-hybridized carbons (Fsp3) is 0.379. The highest BCUT2D eigenvalue weighted by atomic mass is 79.9. The van der Waals surface area contributed by atoms with Crippen LogP contribution < -0.4 is 14.8 Å². The van der Waals surface area contributed by atoms with Crippen LogP contribution >= 0.6 is 27.3 Å². The molecule has 9 heteroatoms. The maximum absolute atomic E-state index is 13.7. The molecule has 0 radical (unpaired) electrons. The molecule has 0 atom stereocenters. The minimum Gasteiger partial charge on any atom is -0.493 e. The van der Waals surface area contributed by atoms with Gasteiger partial charge in [0.25, 0.3) is 0 Å². The Bertz CT molecular complexity index is 1210. The molecule has 3 rings (SSSR count). The first-order valence-corrected chi connectivity index (χ1v) is 14.2. The summed E-state index contributed by atoms with van der Waals surface area (Å²) in [5, 5.41) is 4.97. The Balaban J connectivity index is 1.77. The average Bonchev–Trinajstić information content (AvgIpc) is 3.30. The Hall–Kier alpha value is -3.04. The Labute approximate surface area is 237 Å². The van der Waals surface area contributed by atoms with Crippen molar-refractivity contribution in [3.63, 3.8) is 0 Å². The lowest BCUT2D eigenvalue weighted by Gasteiger charge is -2.29. The number of methoxy groups -OCH3 is 2. The predicted molar refractivity (Wildman–Crippen MR) is 157 cm³/mol. The lowest BCUT2D eigenvalue weighted by atomic mass is 10.1. The van der Waals surface area contributed by atoms with E-state index < -0.39 is 0 Å². The molecule has 7 nitrogen and oxygen atoms in total. The second kappa shape index (κ2) is 14.2. The monoisotopic (exact) mass is 601 g/mol. The van der Waals surface area contributed by atoms with Gasteiger partial charge in [-0.15, -0.1) is 11.3 Å². The van der Waals surface area contributed by atoms with Crippen molar-refractivity contribution in [3.05, 3.63) is 74.4 Å². The molecule has 0 aliphatic carbocycles. The van der Waals surface area contributed by atoms with E-state index in [0.29, 0.717) is 43.2 Å². The number of rotatable bonds is 12. The number of thiophene rings is 1. The Kier molecular flexibility index (Phi) is 11.0. The number of amides is 3. The maximum atomic E-state index is 13.7. The summed E-state index contributed by atoms with van der Waals surface area (Å²) in [5.41, 5.74) is 2.88. The van der Waals surface area contributed by atoms with Gasteiger partial charge in [-0.3, -0.25) is 4.79 Å². The number of anilines is 1. The Morgan fingerprint density at radius 2 is 1.71 bits per heavy atom. The molecule has 0 aliphatic rings. The zero-order chi connectivity index (χ0) is 27.7. The SMILES string of the molecule is COc1ccc(CCN(Cc2sccc2C)C(=O)CN(CC(C)C)C(=O)Nc2ccc(Br)cc2)cc1OC. The van der Waals surface area contributed by atoms with Gasteiger partial charge in [0.1, 0.15) is 6.54 Å². The van der Waals surface area contributed by atoms with Crippen LogP contribution in [-0.4, -0.2) is 55.6 Å². The van der Waals surface area contributed by atoms with Crippen LogP contribution in [0.15, 0.2) is 58.4 Å². The minimum absolute atomic E-state index is 0.00308. The largest absolute Gasteiger partial charge is 0.493 e. The number of urea groups is 1. The third-order valence-electron chi connectivity index (χ3n) is 6.07. The van der Waals surface area contributed by atoms with E-state index >= 15 is 0 Å². The standard InChI is InChI=1S/C29H36BrN3O4S/c1-20(2)17-33(29(35)31-24-9-7-23(30)8-10-24)19-28(34)32(18-27-21(3)13-15-38-27)14-12-22-6-11-25(36-4)26(16-22)37-5/h6-11,13,15-16,20H,12,14,17-19H2,1-5H3,(H,31,35). The number of nitrogens with zero attached hydrogens (tertiary/aromatic N) is 2. The van der Waals surface area contributed by atoms with Gasteiger partial charge in [-0.05, 0) is 78.2 Å². The molecule has 38 heavy (non-hydrogen) atoms. The molecule has 2 aromatic carbocycles. The number of nitrogens with one attached hydrogen (secondary N) is 1. The number of aryl methyl sites for hydroxylation is 1. The van der Waals surface area contributed by atoms with E-state index in [2.05, 4.69) is 34.2 Å². The fourth-order valence-electron chi connectivity index (χ4n) is 3.99. The van der Waals surface area contributed by atoms with E-state index in [9.17, 15) is 9.59 Å². The molecule has 0 saturated heterocycles. The molecule has 1 N–H and O–H groups in total. The number of halogens is 1. The highest BCUT2D eigenvalue weighted by Crippen LogP contribution is 2.28. The van der Waals surface area contributed by atoms with Gasteiger partial charge in [0, 0.05) is 28.1 Å². The van der Waals surface area contributed by atoms with Crippen molar-refractivity contribution in [2.24, 2.45) is 5.92 Å². The van der Waals surface area contributed by atoms with E-state index in [4.69, 9.17) is 9.47 Å². The molecule has 3 amide bonds. The number of carbonyl (C=O) groups is 2. The fourth-order valence-corrected chi connectivity index (χ4v) is 5.18. The van der Waals surface area contributed by atoms with E-state index in [0.717, 1.165) is 20.5 Å². The van der Waals surface area contributed by atoms with Crippen LogP contribution in [0.5, 0.6) is 11.5 Å². The van der Waals surface area contributed by atoms with Crippen LogP contribution in [-0.2, 0) is 17.8 Å². The number of benzene rings is 2. The lowest BCUT2D eigenvalue weighted by molar-refractivity contribution is -0.132. The van der Waals surface area contributed by atoms with Gasteiger partial charge in [0.2, 0.25) is 5.91 Å². The van der Waals surface area contributed by atoms with Crippen LogP contribution in [0.1, 0.15) is 29.9 Å². The molecule has 0 aliphatic heterocycles. The van der Waals surface area contributed by atoms with Crippen molar-refractivity contribution in [1.29, 1.82) is 0 Å². The quantitative estimate of drug-likeness (QED) is 0.254. The van der Waals surface area contributed by atoms with Crippen molar-refractivity contribution >= 4 is 44.9 Å². The molecule has 0 bridgehead atoms. The zero-order valence-corrected chi connectivity index (χ0v) is 25.0. The van der Waals surface area contributed by atoms with Crippen molar-refractivity contribution in [1.82, 2.24) is 9.80 Å². The predicted octanol–water partition coefficient (Wildman–Crippen LogP) is 6.60. The Morgan fingerprint density at radius 3 is 2.32 bits per heavy atom. The van der Waals surface area contributed by atoms with Gasteiger partial charge in [-0.2, -0.15) is 0 Å². The summed E-state index contributed by atoms with van der Waals surface area (Å²) in [7, 11) is 3.22. The van der Waals surface area contributed by atoms with Crippen molar-refractivity contribution in [2.75, 3.05) is 39.2 Å². The first-order valence-electron chi connectivity index (χ1n) is 12.5. The highest BCUT2D eigenvalue weighted by molar-refractivity contribution is 9.10. The molecule has 0 unspecified atom stereocenters. The second-order valence-corrected chi connectivity index (χ2v) is 11.4. The van der Waals surface area contributed by atoms with E-state index in [1.807, 2.05) is 66.6 Å². The van der Waals surface area contributed by atoms with Gasteiger partial charge in [0.05, 0.1) is 20.8 Å². The molecule has 0 spiro atoms. The molecular weight excluding hydrogens is 566 g/mol. The van der Waals surface area contributed by atoms with E-state index in [1.54, 1.807) is 30.5 Å². The van der Waals surface area contributed by atoms with Crippen LogP contribution in [0.3, 0.4) is 0 Å². The summed E-state index contributed by atoms with van der Waals surface area (Å²) >= 11 is 5.05. The summed E-state index contributed by atoms with van der Waals surface area (Å²) in [6.45, 7) is 7.60. The highest BCUT2D eigenvalue weighted by Gasteiger charge is 2.23. The van der Waals surface area contributed by atoms with Crippen LogP contribution in [0.25, 0.3) is 0 Å². The number of hydrogen-bond acceptors (Lipinski definition) is 5. The smallest absolute Gasteiger partial charge is 0.322 e. The number of ether oxygens (including phenoxy) is 2. The normalized spacial score (nSPS) is 10.8. The lowest BCUT2D eigenvalue weighted by Crippen LogP contribution is -2.46. The van der Waals surface area contributed by atoms with Crippen LogP contribution in [0.4, 0.5) is 10.5 Å². The summed E-state index contributed by atoms with van der Waals surface area (Å²) in [6.07, 6.45) is 0.645. The first-order chi connectivity index (χ1) is 18.2. The van der Waals surface area contributed by atoms with Gasteiger partial charge in [-0.1, -0.05) is 35.8 Å². The third kappa shape index (κ3) is 8.49. The van der Waals surface area contributed by atoms with Gasteiger partial charge >= 0.3 is 6.03 Å². The van der Waals surface area contributed by atoms with E-state index in [-0.39, 0.29) is 24.4 Å². The van der Waals surface area contributed by atoms with Crippen LogP contribution in [0, 0.1) is 12.8 Å². The molecule has 1 heterocycles. The Morgan fingerprint density at radius 1 is 1.00 bits per heavy atom. The van der Waals surface area contributed by atoms with Gasteiger partial charge in [0.15, 0.2) is 11.5 Å². The van der Waals surface area contributed by atoms with Crippen LogP contribution in [0.2, 0.25) is 0 Å². The number of carbonyl (C=O) groups excluding carboxylic acids is 2. The molecule has 3 aromatic rings. The van der Waals surface area contributed by atoms with E-state index in [1.165, 1.54) is 0 Å². The molecule has 0 saturated carbocycles. The molecular formula is C29H36BrN3O4S. The maximum Gasteiger partial charge on any atom is 0.322 e. The van der Waals surface area contributed by atoms with Gasteiger partial charge < -0.3 is 24.6 Å². The summed E-state index contributed by atoms with van der Waals surface area (Å²) in [4.78, 5) is 31.4. The summed E-state index contributed by atoms with van der Waals surface area (Å²) in [5.74, 6) is 1.44.